The highest BCUT2D eigenvalue weighted by atomic mass is 32.1. The first-order valence-corrected chi connectivity index (χ1v) is 8.83. The molecule has 0 bridgehead atoms. The number of anilines is 1. The summed E-state index contributed by atoms with van der Waals surface area (Å²) >= 11 is 1.65. The smallest absolute Gasteiger partial charge is 0.410 e. The molecule has 1 aliphatic heterocycles. The second-order valence-corrected chi connectivity index (χ2v) is 7.71. The fourth-order valence-electron chi connectivity index (χ4n) is 2.46. The Balaban J connectivity index is 1.59. The molecule has 2 aromatic rings. The molecule has 1 fully saturated rings. The second-order valence-electron chi connectivity index (χ2n) is 6.70. The van der Waals surface area contributed by atoms with Gasteiger partial charge in [-0.3, -0.25) is 4.98 Å². The molecule has 0 aliphatic carbocycles. The highest BCUT2D eigenvalue weighted by Crippen LogP contribution is 2.31. The third-order valence-corrected chi connectivity index (χ3v) is 4.75. The molecule has 7 heteroatoms. The molecule has 0 saturated carbocycles. The number of carbonyl (C=O) groups is 1. The van der Waals surface area contributed by atoms with Crippen LogP contribution in [-0.2, 0) is 4.74 Å². The van der Waals surface area contributed by atoms with Crippen LogP contribution in [0, 0.1) is 0 Å². The zero-order valence-electron chi connectivity index (χ0n) is 14.2. The van der Waals surface area contributed by atoms with Gasteiger partial charge < -0.3 is 14.5 Å². The molecule has 2 aromatic heterocycles. The molecular weight excluding hydrogens is 324 g/mol. The van der Waals surface area contributed by atoms with Gasteiger partial charge in [0.2, 0.25) is 0 Å². The molecule has 24 heavy (non-hydrogen) atoms. The van der Waals surface area contributed by atoms with Gasteiger partial charge in [0, 0.05) is 50.3 Å². The van der Waals surface area contributed by atoms with Crippen LogP contribution in [0.25, 0.3) is 10.4 Å². The van der Waals surface area contributed by atoms with E-state index >= 15 is 0 Å². The number of nitrogens with zero attached hydrogens (tertiary/aromatic N) is 4. The molecule has 0 atom stereocenters. The maximum Gasteiger partial charge on any atom is 0.410 e. The van der Waals surface area contributed by atoms with Crippen LogP contribution in [0.3, 0.4) is 0 Å². The Morgan fingerprint density at radius 1 is 1.21 bits per heavy atom. The van der Waals surface area contributed by atoms with Crippen LogP contribution in [0.5, 0.6) is 0 Å². The van der Waals surface area contributed by atoms with Gasteiger partial charge in [0.25, 0.3) is 0 Å². The van der Waals surface area contributed by atoms with Gasteiger partial charge in [-0.2, -0.15) is 0 Å². The van der Waals surface area contributed by atoms with E-state index < -0.39 is 5.60 Å². The van der Waals surface area contributed by atoms with Gasteiger partial charge in [-0.15, -0.1) is 0 Å². The molecule has 1 amide bonds. The Morgan fingerprint density at radius 3 is 2.58 bits per heavy atom. The minimum atomic E-state index is -0.456. The van der Waals surface area contributed by atoms with Crippen LogP contribution < -0.4 is 4.90 Å². The predicted molar refractivity (Wildman–Crippen MR) is 95.4 cm³/mol. The molecule has 3 heterocycles. The van der Waals surface area contributed by atoms with Crippen molar-refractivity contribution in [1.82, 2.24) is 14.9 Å². The number of ether oxygens (including phenoxy) is 1. The Kier molecular flexibility index (Phi) is 4.71. The summed E-state index contributed by atoms with van der Waals surface area (Å²) in [4.78, 5) is 25.9. The highest BCUT2D eigenvalue weighted by molar-refractivity contribution is 7.18. The third-order valence-electron chi connectivity index (χ3n) is 3.64. The van der Waals surface area contributed by atoms with Gasteiger partial charge in [0.1, 0.15) is 5.60 Å². The number of hydrogen-bond acceptors (Lipinski definition) is 6. The summed E-state index contributed by atoms with van der Waals surface area (Å²) in [6, 6.07) is 3.96. The van der Waals surface area contributed by atoms with E-state index in [-0.39, 0.29) is 6.09 Å². The van der Waals surface area contributed by atoms with Crippen molar-refractivity contribution in [2.24, 2.45) is 0 Å². The molecular formula is C17H22N4O2S. The van der Waals surface area contributed by atoms with E-state index in [2.05, 4.69) is 14.9 Å². The summed E-state index contributed by atoms with van der Waals surface area (Å²) in [5.74, 6) is 0. The maximum atomic E-state index is 12.1. The lowest BCUT2D eigenvalue weighted by atomic mass is 10.2. The molecule has 3 rings (SSSR count). The van der Waals surface area contributed by atoms with Crippen LogP contribution in [-0.4, -0.2) is 52.7 Å². The number of thiazole rings is 1. The van der Waals surface area contributed by atoms with Crippen molar-refractivity contribution in [2.75, 3.05) is 31.1 Å². The molecule has 128 valence electrons. The summed E-state index contributed by atoms with van der Waals surface area (Å²) in [5, 5.41) is 0.984. The van der Waals surface area contributed by atoms with Crippen molar-refractivity contribution in [3.63, 3.8) is 0 Å². The molecule has 0 spiro atoms. The summed E-state index contributed by atoms with van der Waals surface area (Å²) in [7, 11) is 0. The van der Waals surface area contributed by atoms with Gasteiger partial charge in [-0.25, -0.2) is 9.78 Å². The van der Waals surface area contributed by atoms with Gasteiger partial charge in [0.05, 0.1) is 4.88 Å². The molecule has 0 radical (unpaired) electrons. The fourth-order valence-corrected chi connectivity index (χ4v) is 3.42. The first-order valence-electron chi connectivity index (χ1n) is 8.01. The zero-order valence-corrected chi connectivity index (χ0v) is 15.0. The van der Waals surface area contributed by atoms with Gasteiger partial charge in [-0.05, 0) is 26.8 Å². The lowest BCUT2D eigenvalue weighted by Gasteiger charge is -2.35. The maximum absolute atomic E-state index is 12.1. The molecule has 6 nitrogen and oxygen atoms in total. The fraction of sp³-hybridized carbons (Fsp3) is 0.471. The first kappa shape index (κ1) is 16.7. The first-order chi connectivity index (χ1) is 11.4. The number of hydrogen-bond donors (Lipinski definition) is 0. The Labute approximate surface area is 146 Å². The van der Waals surface area contributed by atoms with E-state index in [9.17, 15) is 4.79 Å². The van der Waals surface area contributed by atoms with E-state index in [1.807, 2.05) is 45.3 Å². The normalized spacial score (nSPS) is 15.5. The highest BCUT2D eigenvalue weighted by Gasteiger charge is 2.26. The summed E-state index contributed by atoms with van der Waals surface area (Å²) < 4.78 is 5.43. The van der Waals surface area contributed by atoms with E-state index in [0.717, 1.165) is 28.7 Å². The van der Waals surface area contributed by atoms with E-state index in [1.54, 1.807) is 22.4 Å². The van der Waals surface area contributed by atoms with E-state index in [1.165, 1.54) is 0 Å². The Morgan fingerprint density at radius 2 is 1.96 bits per heavy atom. The molecule has 0 unspecified atom stereocenters. The lowest BCUT2D eigenvalue weighted by Crippen LogP contribution is -2.50. The number of amides is 1. The van der Waals surface area contributed by atoms with Gasteiger partial charge in [0.15, 0.2) is 5.13 Å². The predicted octanol–water partition coefficient (Wildman–Crippen LogP) is 3.26. The van der Waals surface area contributed by atoms with Gasteiger partial charge in [-0.1, -0.05) is 17.4 Å². The van der Waals surface area contributed by atoms with Crippen LogP contribution in [0.1, 0.15) is 20.8 Å². The van der Waals surface area contributed by atoms with Crippen molar-refractivity contribution < 1.29 is 9.53 Å². The third kappa shape index (κ3) is 4.03. The van der Waals surface area contributed by atoms with Crippen molar-refractivity contribution >= 4 is 22.6 Å². The standard InChI is InChI=1S/C17H22N4O2S/c1-17(2,3)23-16(22)21-9-7-20(8-10-21)15-19-12-14(24-15)13-5-4-6-18-11-13/h4-6,11-12H,7-10H2,1-3H3. The van der Waals surface area contributed by atoms with Crippen molar-refractivity contribution in [3.05, 3.63) is 30.7 Å². The summed E-state index contributed by atoms with van der Waals surface area (Å²) in [6.07, 6.45) is 5.26. The number of rotatable bonds is 2. The monoisotopic (exact) mass is 346 g/mol. The molecule has 0 N–H and O–H groups in total. The molecule has 1 aliphatic rings. The molecule has 0 aromatic carbocycles. The Bertz CT molecular complexity index is 688. The second kappa shape index (κ2) is 6.76. The summed E-state index contributed by atoms with van der Waals surface area (Å²) in [6.45, 7) is 8.48. The Hall–Kier alpha value is -2.15. The average molecular weight is 346 g/mol. The van der Waals surface area contributed by atoms with Crippen LogP contribution in [0.4, 0.5) is 9.93 Å². The van der Waals surface area contributed by atoms with Crippen LogP contribution in [0.2, 0.25) is 0 Å². The molecule has 1 saturated heterocycles. The number of piperazine rings is 1. The SMILES string of the molecule is CC(C)(C)OC(=O)N1CCN(c2ncc(-c3cccnc3)s2)CC1. The average Bonchev–Trinajstić information content (AvgIpc) is 3.04. The van der Waals surface area contributed by atoms with Crippen LogP contribution >= 0.6 is 11.3 Å². The van der Waals surface area contributed by atoms with E-state index in [0.29, 0.717) is 13.1 Å². The van der Waals surface area contributed by atoms with Crippen molar-refractivity contribution in [3.8, 4) is 10.4 Å². The topological polar surface area (TPSA) is 58.6 Å². The van der Waals surface area contributed by atoms with Crippen LogP contribution in [0.15, 0.2) is 30.7 Å². The summed E-state index contributed by atoms with van der Waals surface area (Å²) in [5.41, 5.74) is 0.621. The van der Waals surface area contributed by atoms with Crippen molar-refractivity contribution in [2.45, 2.75) is 26.4 Å². The minimum absolute atomic E-state index is 0.239. The van der Waals surface area contributed by atoms with Gasteiger partial charge >= 0.3 is 6.09 Å². The van der Waals surface area contributed by atoms with Crippen molar-refractivity contribution in [1.29, 1.82) is 0 Å². The quantitative estimate of drug-likeness (QED) is 0.835. The zero-order chi connectivity index (χ0) is 17.2. The number of pyridine rings is 1. The largest absolute Gasteiger partial charge is 0.444 e. The minimum Gasteiger partial charge on any atom is -0.444 e. The number of carbonyl (C=O) groups excluding carboxylic acids is 1. The van der Waals surface area contributed by atoms with E-state index in [4.69, 9.17) is 4.74 Å². The number of aromatic nitrogens is 2. The lowest BCUT2D eigenvalue weighted by molar-refractivity contribution is 0.0240.